The maximum Gasteiger partial charge on any atom is 0.111 e. The highest BCUT2D eigenvalue weighted by atomic mass is 14.9. The Bertz CT molecular complexity index is 545. The van der Waals surface area contributed by atoms with E-state index in [1.807, 2.05) is 36.4 Å². The number of hydrogen-bond acceptors (Lipinski definition) is 2. The second kappa shape index (κ2) is 6.36. The highest BCUT2D eigenvalue weighted by Crippen LogP contribution is 2.42. The zero-order valence-corrected chi connectivity index (χ0v) is 11.7. The molecule has 20 heavy (non-hydrogen) atoms. The summed E-state index contributed by atoms with van der Waals surface area (Å²) in [5.41, 5.74) is 1.31. The molecule has 2 rings (SSSR count). The molecule has 102 valence electrons. The normalized spacial score (nSPS) is 21.8. The standard InChI is InChI=1S/C18H20N2/c1-3-8-15(4-2)18(14-19,17-11-12-20-13-17)16-9-6-5-7-10-16/h3-10,17,20H,1-2,11-13H2/b15-8+. The van der Waals surface area contributed by atoms with Gasteiger partial charge in [-0.3, -0.25) is 0 Å². The van der Waals surface area contributed by atoms with E-state index in [0.717, 1.165) is 30.6 Å². The van der Waals surface area contributed by atoms with Crippen molar-refractivity contribution < 1.29 is 0 Å². The lowest BCUT2D eigenvalue weighted by atomic mass is 9.65. The van der Waals surface area contributed by atoms with Gasteiger partial charge in [-0.25, -0.2) is 0 Å². The summed E-state index contributed by atoms with van der Waals surface area (Å²) < 4.78 is 0. The smallest absolute Gasteiger partial charge is 0.111 e. The molecule has 2 unspecified atom stereocenters. The average molecular weight is 264 g/mol. The molecule has 1 N–H and O–H groups in total. The Kier molecular flexibility index (Phi) is 4.55. The first kappa shape index (κ1) is 14.3. The molecule has 2 atom stereocenters. The molecule has 1 aliphatic heterocycles. The largest absolute Gasteiger partial charge is 0.316 e. The van der Waals surface area contributed by atoms with Crippen LogP contribution in [0.5, 0.6) is 0 Å². The van der Waals surface area contributed by atoms with Gasteiger partial charge >= 0.3 is 0 Å². The van der Waals surface area contributed by atoms with E-state index in [1.165, 1.54) is 0 Å². The Morgan fingerprint density at radius 1 is 1.35 bits per heavy atom. The molecule has 0 spiro atoms. The van der Waals surface area contributed by atoms with Crippen molar-refractivity contribution in [2.45, 2.75) is 11.8 Å². The van der Waals surface area contributed by atoms with Crippen molar-refractivity contribution in [3.8, 4) is 6.07 Å². The fourth-order valence-corrected chi connectivity index (χ4v) is 3.07. The molecule has 0 aliphatic carbocycles. The molecule has 0 amide bonds. The molecular weight excluding hydrogens is 244 g/mol. The van der Waals surface area contributed by atoms with Gasteiger partial charge in [0.05, 0.1) is 6.07 Å². The van der Waals surface area contributed by atoms with Crippen LogP contribution in [0.25, 0.3) is 0 Å². The lowest BCUT2D eigenvalue weighted by Gasteiger charge is -2.34. The van der Waals surface area contributed by atoms with Gasteiger partial charge in [0, 0.05) is 6.54 Å². The first-order valence-corrected chi connectivity index (χ1v) is 6.92. The van der Waals surface area contributed by atoms with Gasteiger partial charge < -0.3 is 5.32 Å². The zero-order valence-electron chi connectivity index (χ0n) is 11.7. The van der Waals surface area contributed by atoms with Gasteiger partial charge in [0.2, 0.25) is 0 Å². The Labute approximate surface area is 121 Å². The van der Waals surface area contributed by atoms with E-state index in [-0.39, 0.29) is 5.92 Å². The zero-order chi connectivity index (χ0) is 14.4. The summed E-state index contributed by atoms with van der Waals surface area (Å²) in [5, 5.41) is 13.4. The van der Waals surface area contributed by atoms with Crippen LogP contribution in [0, 0.1) is 17.2 Å². The lowest BCUT2D eigenvalue weighted by molar-refractivity contribution is 0.424. The van der Waals surface area contributed by atoms with E-state index in [9.17, 15) is 5.26 Å². The van der Waals surface area contributed by atoms with Crippen LogP contribution in [0.1, 0.15) is 12.0 Å². The minimum Gasteiger partial charge on any atom is -0.316 e. The summed E-state index contributed by atoms with van der Waals surface area (Å²) in [7, 11) is 0. The van der Waals surface area contributed by atoms with Crippen molar-refractivity contribution in [3.05, 3.63) is 72.9 Å². The molecule has 1 fully saturated rings. The minimum absolute atomic E-state index is 0.249. The summed E-state index contributed by atoms with van der Waals surface area (Å²) in [6, 6.07) is 12.6. The van der Waals surface area contributed by atoms with Crippen molar-refractivity contribution in [1.82, 2.24) is 5.32 Å². The van der Waals surface area contributed by atoms with E-state index in [0.29, 0.717) is 0 Å². The Balaban J connectivity index is 2.63. The highest BCUT2D eigenvalue weighted by molar-refractivity contribution is 5.50. The van der Waals surface area contributed by atoms with Crippen LogP contribution >= 0.6 is 0 Å². The molecule has 1 aliphatic rings. The predicted molar refractivity (Wildman–Crippen MR) is 83.2 cm³/mol. The van der Waals surface area contributed by atoms with Gasteiger partial charge in [0.1, 0.15) is 5.41 Å². The Morgan fingerprint density at radius 3 is 2.60 bits per heavy atom. The van der Waals surface area contributed by atoms with E-state index in [2.05, 4.69) is 24.5 Å². The fraction of sp³-hybridized carbons (Fsp3) is 0.278. The Hall–Kier alpha value is -2.11. The highest BCUT2D eigenvalue weighted by Gasteiger charge is 2.44. The quantitative estimate of drug-likeness (QED) is 0.828. The van der Waals surface area contributed by atoms with Crippen LogP contribution in [0.15, 0.2) is 67.3 Å². The maximum absolute atomic E-state index is 10.0. The molecule has 0 aromatic heterocycles. The van der Waals surface area contributed by atoms with Crippen LogP contribution in [0.3, 0.4) is 0 Å². The van der Waals surface area contributed by atoms with E-state index in [4.69, 9.17) is 0 Å². The van der Waals surface area contributed by atoms with Crippen LogP contribution in [0.2, 0.25) is 0 Å². The van der Waals surface area contributed by atoms with Crippen LogP contribution in [-0.2, 0) is 5.41 Å². The van der Waals surface area contributed by atoms with Crippen LogP contribution in [0.4, 0.5) is 0 Å². The maximum atomic E-state index is 10.0. The molecule has 1 aromatic rings. The van der Waals surface area contributed by atoms with Crippen molar-refractivity contribution in [3.63, 3.8) is 0 Å². The molecular formula is C18H20N2. The third kappa shape index (κ3) is 2.33. The summed E-state index contributed by atoms with van der Waals surface area (Å²) in [6.07, 6.45) is 6.41. The fourth-order valence-electron chi connectivity index (χ4n) is 3.07. The molecule has 2 nitrogen and oxygen atoms in total. The predicted octanol–water partition coefficient (Wildman–Crippen LogP) is 3.36. The minimum atomic E-state index is -0.652. The van der Waals surface area contributed by atoms with Gasteiger partial charge in [0.15, 0.2) is 0 Å². The monoisotopic (exact) mass is 264 g/mol. The van der Waals surface area contributed by atoms with Crippen molar-refractivity contribution in [2.75, 3.05) is 13.1 Å². The first-order chi connectivity index (χ1) is 9.79. The summed E-state index contributed by atoms with van der Waals surface area (Å²) in [4.78, 5) is 0. The molecule has 1 saturated heterocycles. The number of hydrogen-bond donors (Lipinski definition) is 1. The first-order valence-electron chi connectivity index (χ1n) is 6.92. The van der Waals surface area contributed by atoms with E-state index in [1.54, 1.807) is 12.2 Å². The van der Waals surface area contributed by atoms with Gasteiger partial charge in [-0.05, 0) is 30.0 Å². The Morgan fingerprint density at radius 2 is 2.10 bits per heavy atom. The SMILES string of the molecule is C=C/C=C(\C=C)C(C#N)(c1ccccc1)C1CCNC1. The molecule has 0 bridgehead atoms. The number of nitrogens with one attached hydrogen (secondary N) is 1. The van der Waals surface area contributed by atoms with E-state index >= 15 is 0 Å². The van der Waals surface area contributed by atoms with Gasteiger partial charge in [0.25, 0.3) is 0 Å². The van der Waals surface area contributed by atoms with Gasteiger partial charge in [-0.1, -0.05) is 61.7 Å². The van der Waals surface area contributed by atoms with Crippen molar-refractivity contribution in [1.29, 1.82) is 5.26 Å². The number of nitriles is 1. The third-order valence-electron chi connectivity index (χ3n) is 4.05. The summed E-state index contributed by atoms with van der Waals surface area (Å²) in [6.45, 7) is 9.48. The second-order valence-corrected chi connectivity index (χ2v) is 5.04. The van der Waals surface area contributed by atoms with Crippen molar-refractivity contribution in [2.24, 2.45) is 5.92 Å². The van der Waals surface area contributed by atoms with Crippen molar-refractivity contribution >= 4 is 0 Å². The molecule has 0 radical (unpaired) electrons. The molecule has 0 saturated carbocycles. The topological polar surface area (TPSA) is 35.8 Å². The summed E-state index contributed by atoms with van der Waals surface area (Å²) in [5.74, 6) is 0.249. The molecule has 1 heterocycles. The number of rotatable bonds is 5. The van der Waals surface area contributed by atoms with Crippen LogP contribution in [-0.4, -0.2) is 13.1 Å². The summed E-state index contributed by atoms with van der Waals surface area (Å²) >= 11 is 0. The second-order valence-electron chi connectivity index (χ2n) is 5.04. The van der Waals surface area contributed by atoms with Gasteiger partial charge in [-0.2, -0.15) is 5.26 Å². The third-order valence-corrected chi connectivity index (χ3v) is 4.05. The van der Waals surface area contributed by atoms with Crippen LogP contribution < -0.4 is 5.32 Å². The molecule has 2 heteroatoms. The van der Waals surface area contributed by atoms with E-state index < -0.39 is 5.41 Å². The van der Waals surface area contributed by atoms with Gasteiger partial charge in [-0.15, -0.1) is 0 Å². The number of nitrogens with zero attached hydrogens (tertiary/aromatic N) is 1. The average Bonchev–Trinajstić information content (AvgIpc) is 3.03. The number of benzene rings is 1. The number of allylic oxidation sites excluding steroid dienone is 4. The lowest BCUT2D eigenvalue weighted by Crippen LogP contribution is -2.37. The molecule has 1 aromatic carbocycles.